The van der Waals surface area contributed by atoms with Crippen LogP contribution in [0.5, 0.6) is 0 Å². The van der Waals surface area contributed by atoms with Gasteiger partial charge in [-0.15, -0.1) is 10.2 Å². The molecule has 0 saturated carbocycles. The first-order valence-corrected chi connectivity index (χ1v) is 9.20. The Kier molecular flexibility index (Phi) is 3.83. The summed E-state index contributed by atoms with van der Waals surface area (Å²) in [5.41, 5.74) is 3.82. The summed E-state index contributed by atoms with van der Waals surface area (Å²) < 4.78 is 0. The molecule has 2 aliphatic rings. The summed E-state index contributed by atoms with van der Waals surface area (Å²) >= 11 is 0. The van der Waals surface area contributed by atoms with Crippen LogP contribution in [0.3, 0.4) is 0 Å². The van der Waals surface area contributed by atoms with Crippen LogP contribution >= 0.6 is 0 Å². The number of carbonyl (C=O) groups excluding carboxylic acids is 1. The van der Waals surface area contributed by atoms with E-state index in [1.807, 2.05) is 26.1 Å². The second-order valence-corrected chi connectivity index (χ2v) is 7.26. The van der Waals surface area contributed by atoms with Crippen LogP contribution in [0.4, 0.5) is 11.6 Å². The van der Waals surface area contributed by atoms with Crippen molar-refractivity contribution in [1.29, 1.82) is 0 Å². The zero-order chi connectivity index (χ0) is 19.3. The van der Waals surface area contributed by atoms with Crippen molar-refractivity contribution in [3.8, 4) is 22.6 Å². The van der Waals surface area contributed by atoms with E-state index < -0.39 is 0 Å². The molecule has 142 valence electrons. The standard InChI is InChI=1S/C19H20N8O/c1-11-7-12(16-21-10-22-25-16)3-4-13(11)14-8-20-17-18(23-14)27-6-5-26(2)9-15(27)19(28)24-17/h3-4,7-8,10,15H,5-6,9H2,1-2H3,(H,20,24,28)(H,21,22,25). The molecule has 28 heavy (non-hydrogen) atoms. The molecule has 0 spiro atoms. The maximum absolute atomic E-state index is 12.4. The van der Waals surface area contributed by atoms with Crippen LogP contribution in [0.1, 0.15) is 5.56 Å². The van der Waals surface area contributed by atoms with Crippen molar-refractivity contribution >= 4 is 17.5 Å². The van der Waals surface area contributed by atoms with Gasteiger partial charge in [-0.05, 0) is 25.6 Å². The van der Waals surface area contributed by atoms with Gasteiger partial charge in [0.25, 0.3) is 0 Å². The molecule has 5 rings (SSSR count). The molecule has 1 atom stereocenters. The Balaban J connectivity index is 1.53. The van der Waals surface area contributed by atoms with Gasteiger partial charge < -0.3 is 20.1 Å². The van der Waals surface area contributed by atoms with E-state index >= 15 is 0 Å². The summed E-state index contributed by atoms with van der Waals surface area (Å²) in [6, 6.07) is 5.83. The Bertz CT molecular complexity index is 1050. The highest BCUT2D eigenvalue weighted by Crippen LogP contribution is 2.33. The minimum atomic E-state index is -0.231. The number of nitrogens with zero attached hydrogens (tertiary/aromatic N) is 6. The van der Waals surface area contributed by atoms with Gasteiger partial charge in [-0.3, -0.25) is 4.79 Å². The fourth-order valence-corrected chi connectivity index (χ4v) is 3.84. The first-order valence-electron chi connectivity index (χ1n) is 9.20. The average Bonchev–Trinajstić information content (AvgIpc) is 3.23. The number of hydrogen-bond acceptors (Lipinski definition) is 7. The second-order valence-electron chi connectivity index (χ2n) is 7.26. The number of piperazine rings is 1. The van der Waals surface area contributed by atoms with E-state index in [1.165, 1.54) is 0 Å². The van der Waals surface area contributed by atoms with Crippen molar-refractivity contribution in [2.75, 3.05) is 36.9 Å². The van der Waals surface area contributed by atoms with Crippen LogP contribution in [0.15, 0.2) is 30.7 Å². The lowest BCUT2D eigenvalue weighted by atomic mass is 10.0. The maximum Gasteiger partial charge on any atom is 0.249 e. The molecule has 9 heteroatoms. The third kappa shape index (κ3) is 2.71. The van der Waals surface area contributed by atoms with Crippen LogP contribution in [0.2, 0.25) is 0 Å². The summed E-state index contributed by atoms with van der Waals surface area (Å²) in [5.74, 6) is 1.99. The van der Waals surface area contributed by atoms with Crippen molar-refractivity contribution < 1.29 is 4.79 Å². The molecule has 0 radical (unpaired) electrons. The fraction of sp³-hybridized carbons (Fsp3) is 0.316. The third-order valence-electron chi connectivity index (χ3n) is 5.35. The second kappa shape index (κ2) is 6.38. The Labute approximate surface area is 161 Å². The number of likely N-dealkylation sites (N-methyl/N-ethyl adjacent to an activating group) is 1. The van der Waals surface area contributed by atoms with E-state index in [1.54, 1.807) is 12.5 Å². The number of fused-ring (bicyclic) bond motifs is 3. The van der Waals surface area contributed by atoms with Gasteiger partial charge in [-0.1, -0.05) is 12.1 Å². The normalized spacial score (nSPS) is 19.1. The number of amides is 1. The molecule has 2 N–H and O–H groups in total. The highest BCUT2D eigenvalue weighted by molar-refractivity contribution is 6.02. The van der Waals surface area contributed by atoms with E-state index in [9.17, 15) is 4.79 Å². The van der Waals surface area contributed by atoms with Gasteiger partial charge >= 0.3 is 0 Å². The van der Waals surface area contributed by atoms with Gasteiger partial charge in [0.2, 0.25) is 5.91 Å². The van der Waals surface area contributed by atoms with Crippen molar-refractivity contribution in [2.24, 2.45) is 0 Å². The number of aromatic amines is 1. The summed E-state index contributed by atoms with van der Waals surface area (Å²) in [7, 11) is 2.03. The molecule has 1 saturated heterocycles. The predicted octanol–water partition coefficient (Wildman–Crippen LogP) is 1.31. The molecule has 3 aromatic rings. The number of anilines is 2. The highest BCUT2D eigenvalue weighted by atomic mass is 16.2. The van der Waals surface area contributed by atoms with E-state index in [0.29, 0.717) is 12.4 Å². The van der Waals surface area contributed by atoms with Crippen LogP contribution in [-0.4, -0.2) is 68.7 Å². The van der Waals surface area contributed by atoms with Crippen LogP contribution in [0, 0.1) is 6.92 Å². The first kappa shape index (κ1) is 16.8. The number of nitrogens with one attached hydrogen (secondary N) is 2. The summed E-state index contributed by atoms with van der Waals surface area (Å²) in [6.07, 6.45) is 3.28. The topological polar surface area (TPSA) is 103 Å². The molecule has 1 amide bonds. The molecule has 0 aliphatic carbocycles. The fourth-order valence-electron chi connectivity index (χ4n) is 3.84. The van der Waals surface area contributed by atoms with Gasteiger partial charge in [-0.25, -0.2) is 9.97 Å². The Hall–Kier alpha value is -3.33. The molecule has 2 aliphatic heterocycles. The third-order valence-corrected chi connectivity index (χ3v) is 5.35. The smallest absolute Gasteiger partial charge is 0.249 e. The predicted molar refractivity (Wildman–Crippen MR) is 105 cm³/mol. The number of aromatic nitrogens is 5. The van der Waals surface area contributed by atoms with Crippen molar-refractivity contribution in [3.05, 3.63) is 36.3 Å². The van der Waals surface area contributed by atoms with Crippen molar-refractivity contribution in [1.82, 2.24) is 30.0 Å². The van der Waals surface area contributed by atoms with Crippen LogP contribution in [0.25, 0.3) is 22.6 Å². The van der Waals surface area contributed by atoms with Gasteiger partial charge in [0.1, 0.15) is 12.4 Å². The van der Waals surface area contributed by atoms with Gasteiger partial charge in [-0.2, -0.15) is 0 Å². The molecule has 1 unspecified atom stereocenters. The average molecular weight is 376 g/mol. The highest BCUT2D eigenvalue weighted by Gasteiger charge is 2.38. The van der Waals surface area contributed by atoms with Gasteiger partial charge in [0, 0.05) is 30.8 Å². The molecular weight excluding hydrogens is 356 g/mol. The molecule has 0 bridgehead atoms. The molecule has 4 heterocycles. The number of rotatable bonds is 2. The molecule has 1 fully saturated rings. The molecular formula is C19H20N8O. The van der Waals surface area contributed by atoms with E-state index in [2.05, 4.69) is 41.3 Å². The Morgan fingerprint density at radius 1 is 1.25 bits per heavy atom. The lowest BCUT2D eigenvalue weighted by Gasteiger charge is -2.42. The summed E-state index contributed by atoms with van der Waals surface area (Å²) in [4.78, 5) is 29.1. The number of hydrogen-bond donors (Lipinski definition) is 2. The number of aryl methyl sites for hydroxylation is 1. The Morgan fingerprint density at radius 3 is 2.93 bits per heavy atom. The number of H-pyrrole nitrogens is 1. The SMILES string of the molecule is Cc1cc(-c2nnc[nH]2)ccc1-c1cnc2c(n1)N1CCN(C)CC1C(=O)N2. The zero-order valence-electron chi connectivity index (χ0n) is 15.7. The Morgan fingerprint density at radius 2 is 2.14 bits per heavy atom. The van der Waals surface area contributed by atoms with E-state index in [0.717, 1.165) is 47.1 Å². The van der Waals surface area contributed by atoms with Crippen LogP contribution in [-0.2, 0) is 4.79 Å². The largest absolute Gasteiger partial charge is 0.339 e. The van der Waals surface area contributed by atoms with Crippen molar-refractivity contribution in [2.45, 2.75) is 13.0 Å². The minimum Gasteiger partial charge on any atom is -0.339 e. The van der Waals surface area contributed by atoms with Gasteiger partial charge in [0.15, 0.2) is 17.5 Å². The monoisotopic (exact) mass is 376 g/mol. The number of benzene rings is 1. The lowest BCUT2D eigenvalue weighted by Crippen LogP contribution is -2.59. The van der Waals surface area contributed by atoms with Gasteiger partial charge in [0.05, 0.1) is 11.9 Å². The van der Waals surface area contributed by atoms with Crippen LogP contribution < -0.4 is 10.2 Å². The van der Waals surface area contributed by atoms with E-state index in [-0.39, 0.29) is 11.9 Å². The molecule has 9 nitrogen and oxygen atoms in total. The maximum atomic E-state index is 12.4. The number of carbonyl (C=O) groups is 1. The van der Waals surface area contributed by atoms with Crippen molar-refractivity contribution in [3.63, 3.8) is 0 Å². The molecule has 1 aromatic carbocycles. The lowest BCUT2D eigenvalue weighted by molar-refractivity contribution is -0.118. The quantitative estimate of drug-likeness (QED) is 0.695. The zero-order valence-corrected chi connectivity index (χ0v) is 15.7. The molecule has 2 aromatic heterocycles. The summed E-state index contributed by atoms with van der Waals surface area (Å²) in [5, 5.41) is 10.8. The van der Waals surface area contributed by atoms with E-state index in [4.69, 9.17) is 4.98 Å². The minimum absolute atomic E-state index is 0.0197. The summed E-state index contributed by atoms with van der Waals surface area (Å²) in [6.45, 7) is 4.36. The first-order chi connectivity index (χ1) is 13.6.